The van der Waals surface area contributed by atoms with E-state index in [1.165, 1.54) is 11.1 Å². The maximum atomic E-state index is 5.63. The molecule has 0 atom stereocenters. The molecule has 0 amide bonds. The van der Waals surface area contributed by atoms with E-state index >= 15 is 0 Å². The summed E-state index contributed by atoms with van der Waals surface area (Å²) in [6.07, 6.45) is 8.85. The van der Waals surface area contributed by atoms with E-state index in [-0.39, 0.29) is 0 Å². The summed E-state index contributed by atoms with van der Waals surface area (Å²) in [5.41, 5.74) is 2.47. The molecule has 2 rings (SSSR count). The van der Waals surface area contributed by atoms with Crippen LogP contribution in [0.4, 0.5) is 0 Å². The maximum Gasteiger partial charge on any atom is 0.119 e. The summed E-state index contributed by atoms with van der Waals surface area (Å²) in [5, 5.41) is 0. The zero-order valence-electron chi connectivity index (χ0n) is 15.0. The predicted octanol–water partition coefficient (Wildman–Crippen LogP) is 5.59. The molecule has 0 spiro atoms. The van der Waals surface area contributed by atoms with Gasteiger partial charge in [-0.25, -0.2) is 0 Å². The molecular weight excluding hydrogens is 312 g/mol. The maximum absolute atomic E-state index is 5.63. The average molecular weight is 338 g/mol. The summed E-state index contributed by atoms with van der Waals surface area (Å²) in [6, 6.07) is 16.1. The molecule has 0 bridgehead atoms. The minimum Gasteiger partial charge on any atom is -0.493 e. The zero-order valence-corrected chi connectivity index (χ0v) is 15.0. The lowest BCUT2D eigenvalue weighted by Gasteiger charge is -2.04. The number of benzene rings is 2. The van der Waals surface area contributed by atoms with Crippen LogP contribution in [0.25, 0.3) is 0 Å². The fourth-order valence-corrected chi connectivity index (χ4v) is 2.05. The first kappa shape index (κ1) is 18.7. The van der Waals surface area contributed by atoms with Gasteiger partial charge in [-0.2, -0.15) is 0 Å². The molecule has 0 saturated heterocycles. The van der Waals surface area contributed by atoms with E-state index in [0.717, 1.165) is 24.3 Å². The normalized spacial score (nSPS) is 11.1. The van der Waals surface area contributed by atoms with E-state index < -0.39 is 0 Å². The number of ether oxygens (including phenoxy) is 3. The molecule has 0 aliphatic heterocycles. The van der Waals surface area contributed by atoms with Crippen LogP contribution in [0.15, 0.2) is 73.2 Å². The molecule has 0 unspecified atom stereocenters. The molecular formula is C22H26O3. The SMILES string of the molecule is Cc1ccc(OCCC=COC=CCCOc2ccc(C)cc2)cc1. The van der Waals surface area contributed by atoms with E-state index in [9.17, 15) is 0 Å². The van der Waals surface area contributed by atoms with Gasteiger partial charge in [-0.05, 0) is 50.3 Å². The van der Waals surface area contributed by atoms with Crippen LogP contribution < -0.4 is 9.47 Å². The first-order valence-corrected chi connectivity index (χ1v) is 8.58. The molecule has 0 fully saturated rings. The molecule has 0 radical (unpaired) electrons. The van der Waals surface area contributed by atoms with Crippen molar-refractivity contribution in [2.24, 2.45) is 0 Å². The van der Waals surface area contributed by atoms with E-state index in [4.69, 9.17) is 14.2 Å². The number of hydrogen-bond donors (Lipinski definition) is 0. The first-order valence-electron chi connectivity index (χ1n) is 8.58. The van der Waals surface area contributed by atoms with Gasteiger partial charge in [0.2, 0.25) is 0 Å². The van der Waals surface area contributed by atoms with Crippen LogP contribution in [-0.2, 0) is 4.74 Å². The van der Waals surface area contributed by atoms with Crippen molar-refractivity contribution in [3.8, 4) is 11.5 Å². The Bertz CT molecular complexity index is 595. The van der Waals surface area contributed by atoms with Crippen LogP contribution >= 0.6 is 0 Å². The van der Waals surface area contributed by atoms with Crippen LogP contribution in [-0.4, -0.2) is 13.2 Å². The van der Waals surface area contributed by atoms with Crippen molar-refractivity contribution in [1.82, 2.24) is 0 Å². The highest BCUT2D eigenvalue weighted by Gasteiger charge is 1.92. The van der Waals surface area contributed by atoms with Crippen LogP contribution in [0.5, 0.6) is 11.5 Å². The van der Waals surface area contributed by atoms with Crippen molar-refractivity contribution in [2.45, 2.75) is 26.7 Å². The lowest BCUT2D eigenvalue weighted by Crippen LogP contribution is -1.95. The third-order valence-electron chi connectivity index (χ3n) is 3.50. The number of aryl methyl sites for hydroxylation is 2. The molecule has 3 nitrogen and oxygen atoms in total. The summed E-state index contributed by atoms with van der Waals surface area (Å²) in [5.74, 6) is 1.79. The molecule has 0 N–H and O–H groups in total. The minimum atomic E-state index is 0.636. The smallest absolute Gasteiger partial charge is 0.119 e. The quantitative estimate of drug-likeness (QED) is 0.418. The van der Waals surface area contributed by atoms with E-state index in [1.807, 2.05) is 60.7 Å². The van der Waals surface area contributed by atoms with E-state index in [1.54, 1.807) is 12.5 Å². The Morgan fingerprint density at radius 1 is 0.640 bits per heavy atom. The lowest BCUT2D eigenvalue weighted by atomic mass is 10.2. The molecule has 0 aliphatic carbocycles. The average Bonchev–Trinajstić information content (AvgIpc) is 2.63. The topological polar surface area (TPSA) is 27.7 Å². The zero-order chi connectivity index (χ0) is 17.7. The highest BCUT2D eigenvalue weighted by atomic mass is 16.5. The van der Waals surface area contributed by atoms with Gasteiger partial charge in [0.15, 0.2) is 0 Å². The van der Waals surface area contributed by atoms with Gasteiger partial charge in [0.25, 0.3) is 0 Å². The van der Waals surface area contributed by atoms with Crippen molar-refractivity contribution in [2.75, 3.05) is 13.2 Å². The molecule has 2 aromatic rings. The summed E-state index contributed by atoms with van der Waals surface area (Å²) >= 11 is 0. The van der Waals surface area contributed by atoms with E-state index in [0.29, 0.717) is 13.2 Å². The lowest BCUT2D eigenvalue weighted by molar-refractivity contribution is 0.319. The molecule has 0 heterocycles. The fourth-order valence-electron chi connectivity index (χ4n) is 2.05. The second-order valence-electron chi connectivity index (χ2n) is 5.78. The second kappa shape index (κ2) is 11.0. The fraction of sp³-hybridized carbons (Fsp3) is 0.273. The Balaban J connectivity index is 1.48. The first-order chi connectivity index (χ1) is 12.2. The van der Waals surface area contributed by atoms with Gasteiger partial charge in [-0.15, -0.1) is 0 Å². The van der Waals surface area contributed by atoms with Crippen molar-refractivity contribution in [3.05, 3.63) is 84.3 Å². The molecule has 0 saturated carbocycles. The second-order valence-corrected chi connectivity index (χ2v) is 5.78. The van der Waals surface area contributed by atoms with Crippen molar-refractivity contribution < 1.29 is 14.2 Å². The Morgan fingerprint density at radius 2 is 1.04 bits per heavy atom. The van der Waals surface area contributed by atoms with Crippen LogP contribution in [0, 0.1) is 13.8 Å². The molecule has 132 valence electrons. The number of rotatable bonds is 10. The number of hydrogen-bond acceptors (Lipinski definition) is 3. The van der Waals surface area contributed by atoms with Gasteiger partial charge < -0.3 is 14.2 Å². The largest absolute Gasteiger partial charge is 0.493 e. The monoisotopic (exact) mass is 338 g/mol. The third-order valence-corrected chi connectivity index (χ3v) is 3.50. The van der Waals surface area contributed by atoms with Crippen molar-refractivity contribution in [3.63, 3.8) is 0 Å². The van der Waals surface area contributed by atoms with E-state index in [2.05, 4.69) is 13.8 Å². The van der Waals surface area contributed by atoms with Crippen molar-refractivity contribution >= 4 is 0 Å². The predicted molar refractivity (Wildman–Crippen MR) is 102 cm³/mol. The van der Waals surface area contributed by atoms with Crippen LogP contribution in [0.2, 0.25) is 0 Å². The van der Waals surface area contributed by atoms with Gasteiger partial charge in [-0.1, -0.05) is 35.4 Å². The third kappa shape index (κ3) is 8.11. The highest BCUT2D eigenvalue weighted by molar-refractivity contribution is 5.26. The Kier molecular flexibility index (Phi) is 8.19. The summed E-state index contributed by atoms with van der Waals surface area (Å²) in [6.45, 7) is 5.39. The molecule has 0 aromatic heterocycles. The van der Waals surface area contributed by atoms with Crippen LogP contribution in [0.1, 0.15) is 24.0 Å². The van der Waals surface area contributed by atoms with Gasteiger partial charge in [0.05, 0.1) is 25.7 Å². The van der Waals surface area contributed by atoms with Gasteiger partial charge >= 0.3 is 0 Å². The summed E-state index contributed by atoms with van der Waals surface area (Å²) < 4.78 is 16.6. The minimum absolute atomic E-state index is 0.636. The molecule has 2 aromatic carbocycles. The summed E-state index contributed by atoms with van der Waals surface area (Å²) in [4.78, 5) is 0. The Hall–Kier alpha value is -2.68. The van der Waals surface area contributed by atoms with Crippen molar-refractivity contribution in [1.29, 1.82) is 0 Å². The highest BCUT2D eigenvalue weighted by Crippen LogP contribution is 2.12. The van der Waals surface area contributed by atoms with Gasteiger partial charge in [0, 0.05) is 12.8 Å². The molecule has 25 heavy (non-hydrogen) atoms. The van der Waals surface area contributed by atoms with Crippen LogP contribution in [0.3, 0.4) is 0 Å². The molecule has 3 heteroatoms. The van der Waals surface area contributed by atoms with Gasteiger partial charge in [0.1, 0.15) is 11.5 Å². The Labute approximate surface area is 150 Å². The van der Waals surface area contributed by atoms with Gasteiger partial charge in [-0.3, -0.25) is 0 Å². The molecule has 0 aliphatic rings. The summed E-state index contributed by atoms with van der Waals surface area (Å²) in [7, 11) is 0. The standard InChI is InChI=1S/C22H26O3/c1-19-7-11-21(12-8-19)24-17-5-3-15-23-16-4-6-18-25-22-13-9-20(2)10-14-22/h3-4,7-16H,5-6,17-18H2,1-2H3. The Morgan fingerprint density at radius 3 is 1.44 bits per heavy atom.